The first-order valence-electron chi connectivity index (χ1n) is 10.1. The van der Waals surface area contributed by atoms with Gasteiger partial charge in [-0.3, -0.25) is 14.9 Å². The molecule has 31 heavy (non-hydrogen) atoms. The van der Waals surface area contributed by atoms with Gasteiger partial charge in [-0.2, -0.15) is 4.31 Å². The lowest BCUT2D eigenvalue weighted by molar-refractivity contribution is -0.384. The highest BCUT2D eigenvalue weighted by molar-refractivity contribution is 7.89. The zero-order valence-corrected chi connectivity index (χ0v) is 19.2. The van der Waals surface area contributed by atoms with Crippen LogP contribution in [0.1, 0.15) is 39.5 Å². The lowest BCUT2D eigenvalue weighted by atomic mass is 10.0. The first-order valence-corrected chi connectivity index (χ1v) is 11.5. The molecule has 9 heteroatoms. The minimum absolute atomic E-state index is 0.148. The number of nitro benzene ring substituents is 1. The fraction of sp³-hybridized carbons (Fsp3) is 0.409. The van der Waals surface area contributed by atoms with Crippen molar-refractivity contribution >= 4 is 27.2 Å². The maximum atomic E-state index is 13.4. The fourth-order valence-corrected chi connectivity index (χ4v) is 6.02. The number of aryl methyl sites for hydroxylation is 2. The number of carbonyl (C=O) groups is 1. The van der Waals surface area contributed by atoms with Gasteiger partial charge in [0.05, 0.1) is 9.82 Å². The molecular formula is C22H27N3O5S. The number of hydrogen-bond donors (Lipinski definition) is 0. The Balaban J connectivity index is 1.88. The molecule has 1 aliphatic heterocycles. The number of piperazine rings is 1. The van der Waals surface area contributed by atoms with Gasteiger partial charge < -0.3 is 4.90 Å². The van der Waals surface area contributed by atoms with Crippen LogP contribution in [0.5, 0.6) is 0 Å². The Labute approximate surface area is 182 Å². The van der Waals surface area contributed by atoms with E-state index in [9.17, 15) is 23.3 Å². The topological polar surface area (TPSA) is 101 Å². The molecule has 8 nitrogen and oxygen atoms in total. The standard InChI is InChI=1S/C22H27N3O5S/c1-14-12-15(2)17(4)22(16(14)3)31(29,30)24-10-8-23(9-11-24)20-7-6-19(18(5)26)13-21(20)25(27)28/h6-7,12-13H,8-11H2,1-5H3. The van der Waals surface area contributed by atoms with Gasteiger partial charge in [-0.05, 0) is 69.0 Å². The van der Waals surface area contributed by atoms with Crippen LogP contribution in [0, 0.1) is 37.8 Å². The summed E-state index contributed by atoms with van der Waals surface area (Å²) in [7, 11) is -3.69. The van der Waals surface area contributed by atoms with Crippen LogP contribution in [0.25, 0.3) is 0 Å². The molecule has 0 N–H and O–H groups in total. The van der Waals surface area contributed by atoms with Crippen LogP contribution >= 0.6 is 0 Å². The molecule has 0 aromatic heterocycles. The molecule has 1 fully saturated rings. The summed E-state index contributed by atoms with van der Waals surface area (Å²) < 4.78 is 28.3. The molecule has 0 aliphatic carbocycles. The largest absolute Gasteiger partial charge is 0.363 e. The van der Waals surface area contributed by atoms with E-state index in [1.165, 1.54) is 17.3 Å². The van der Waals surface area contributed by atoms with Crippen molar-refractivity contribution in [2.24, 2.45) is 0 Å². The zero-order valence-electron chi connectivity index (χ0n) is 18.4. The Morgan fingerprint density at radius 2 is 1.52 bits per heavy atom. The van der Waals surface area contributed by atoms with Gasteiger partial charge in [0, 0.05) is 37.8 Å². The molecule has 2 aromatic carbocycles. The lowest BCUT2D eigenvalue weighted by Gasteiger charge is -2.35. The van der Waals surface area contributed by atoms with E-state index in [1.54, 1.807) is 17.0 Å². The van der Waals surface area contributed by atoms with E-state index in [2.05, 4.69) is 0 Å². The van der Waals surface area contributed by atoms with E-state index in [0.717, 1.165) is 22.3 Å². The van der Waals surface area contributed by atoms with E-state index in [4.69, 9.17) is 0 Å². The van der Waals surface area contributed by atoms with Crippen LogP contribution in [-0.2, 0) is 10.0 Å². The van der Waals surface area contributed by atoms with Gasteiger partial charge in [0.2, 0.25) is 10.0 Å². The third-order valence-electron chi connectivity index (χ3n) is 6.05. The van der Waals surface area contributed by atoms with Crippen molar-refractivity contribution in [1.29, 1.82) is 0 Å². The van der Waals surface area contributed by atoms with Crippen LogP contribution < -0.4 is 4.90 Å². The van der Waals surface area contributed by atoms with Gasteiger partial charge in [0.15, 0.2) is 5.78 Å². The van der Waals surface area contributed by atoms with Crippen LogP contribution in [0.3, 0.4) is 0 Å². The molecule has 1 saturated heterocycles. The number of sulfonamides is 1. The third-order valence-corrected chi connectivity index (χ3v) is 8.23. The van der Waals surface area contributed by atoms with Crippen molar-refractivity contribution in [2.45, 2.75) is 39.5 Å². The van der Waals surface area contributed by atoms with Crippen molar-refractivity contribution in [3.05, 3.63) is 62.2 Å². The summed E-state index contributed by atoms with van der Waals surface area (Å²) in [6, 6.07) is 6.40. The first-order chi connectivity index (χ1) is 14.4. The molecular weight excluding hydrogens is 418 g/mol. The Hall–Kier alpha value is -2.78. The SMILES string of the molecule is CC(=O)c1ccc(N2CCN(S(=O)(=O)c3c(C)c(C)cc(C)c3C)CC2)c([N+](=O)[O-])c1. The number of carbonyl (C=O) groups excluding carboxylic acids is 1. The summed E-state index contributed by atoms with van der Waals surface area (Å²) in [5, 5.41) is 11.5. The highest BCUT2D eigenvalue weighted by Gasteiger charge is 2.33. The molecule has 1 heterocycles. The van der Waals surface area contributed by atoms with Gasteiger partial charge in [0.25, 0.3) is 5.69 Å². The van der Waals surface area contributed by atoms with Gasteiger partial charge in [-0.15, -0.1) is 0 Å². The van der Waals surface area contributed by atoms with E-state index in [1.807, 2.05) is 33.8 Å². The number of Topliss-reactive ketones (excluding diaryl/α,β-unsaturated/α-hetero) is 1. The predicted molar refractivity (Wildman–Crippen MR) is 119 cm³/mol. The zero-order chi connectivity index (χ0) is 23.1. The number of anilines is 1. The molecule has 166 valence electrons. The normalized spacial score (nSPS) is 15.2. The molecule has 0 amide bonds. The van der Waals surface area contributed by atoms with Crippen molar-refractivity contribution in [1.82, 2.24) is 4.31 Å². The number of hydrogen-bond acceptors (Lipinski definition) is 6. The molecule has 0 atom stereocenters. The van der Waals surface area contributed by atoms with Gasteiger partial charge >= 0.3 is 0 Å². The Bertz CT molecular complexity index is 1140. The molecule has 0 spiro atoms. The quantitative estimate of drug-likeness (QED) is 0.396. The predicted octanol–water partition coefficient (Wildman–Crippen LogP) is 3.54. The van der Waals surface area contributed by atoms with Crippen LogP contribution in [0.15, 0.2) is 29.2 Å². The number of ketones is 1. The monoisotopic (exact) mass is 445 g/mol. The third kappa shape index (κ3) is 4.20. The molecule has 0 unspecified atom stereocenters. The molecule has 3 rings (SSSR count). The summed E-state index contributed by atoms with van der Waals surface area (Å²) in [6.45, 7) is 9.91. The van der Waals surface area contributed by atoms with Crippen LogP contribution in [0.2, 0.25) is 0 Å². The maximum Gasteiger partial charge on any atom is 0.293 e. The summed E-state index contributed by atoms with van der Waals surface area (Å²) >= 11 is 0. The van der Waals surface area contributed by atoms with Gasteiger partial charge in [0.1, 0.15) is 5.69 Å². The Morgan fingerprint density at radius 3 is 2.00 bits per heavy atom. The van der Waals surface area contributed by atoms with Crippen molar-refractivity contribution in [3.63, 3.8) is 0 Å². The first kappa shape index (κ1) is 22.9. The molecule has 0 bridgehead atoms. The smallest absolute Gasteiger partial charge is 0.293 e. The Kier molecular flexibility index (Phi) is 6.20. The van der Waals surface area contributed by atoms with Crippen LogP contribution in [0.4, 0.5) is 11.4 Å². The molecule has 2 aromatic rings. The van der Waals surface area contributed by atoms with E-state index < -0.39 is 14.9 Å². The van der Waals surface area contributed by atoms with E-state index >= 15 is 0 Å². The second-order valence-electron chi connectivity index (χ2n) is 8.00. The average molecular weight is 446 g/mol. The summed E-state index contributed by atoms with van der Waals surface area (Å²) in [4.78, 5) is 24.8. The Morgan fingerprint density at radius 1 is 0.968 bits per heavy atom. The second kappa shape index (κ2) is 8.39. The average Bonchev–Trinajstić information content (AvgIpc) is 2.72. The molecule has 0 saturated carbocycles. The van der Waals surface area contributed by atoms with E-state index in [-0.39, 0.29) is 30.1 Å². The van der Waals surface area contributed by atoms with E-state index in [0.29, 0.717) is 23.7 Å². The van der Waals surface area contributed by atoms with Crippen molar-refractivity contribution in [3.8, 4) is 0 Å². The number of benzene rings is 2. The van der Waals surface area contributed by atoms with Crippen molar-refractivity contribution in [2.75, 3.05) is 31.1 Å². The lowest BCUT2D eigenvalue weighted by Crippen LogP contribution is -2.49. The minimum Gasteiger partial charge on any atom is -0.363 e. The summed E-state index contributed by atoms with van der Waals surface area (Å²) in [6.07, 6.45) is 0. The molecule has 0 radical (unpaired) electrons. The maximum absolute atomic E-state index is 13.4. The summed E-state index contributed by atoms with van der Waals surface area (Å²) in [5.41, 5.74) is 3.89. The van der Waals surface area contributed by atoms with Crippen molar-refractivity contribution < 1.29 is 18.1 Å². The number of rotatable bonds is 5. The van der Waals surface area contributed by atoms with Gasteiger partial charge in [-0.1, -0.05) is 6.07 Å². The number of nitro groups is 1. The minimum atomic E-state index is -3.69. The highest BCUT2D eigenvalue weighted by Crippen LogP contribution is 2.33. The van der Waals surface area contributed by atoms with Crippen LogP contribution in [-0.4, -0.2) is 49.6 Å². The van der Waals surface area contributed by atoms with Gasteiger partial charge in [-0.25, -0.2) is 8.42 Å². The number of nitrogens with zero attached hydrogens (tertiary/aromatic N) is 3. The highest BCUT2D eigenvalue weighted by atomic mass is 32.2. The molecule has 1 aliphatic rings. The summed E-state index contributed by atoms with van der Waals surface area (Å²) in [5.74, 6) is -0.246. The second-order valence-corrected chi connectivity index (χ2v) is 9.87. The fourth-order valence-electron chi connectivity index (χ4n) is 4.02.